The van der Waals surface area contributed by atoms with E-state index >= 15 is 0 Å². The van der Waals surface area contributed by atoms with E-state index in [1.54, 1.807) is 18.2 Å². The van der Waals surface area contributed by atoms with Gasteiger partial charge in [-0.15, -0.1) is 0 Å². The summed E-state index contributed by atoms with van der Waals surface area (Å²) in [5, 5.41) is 8.90. The van der Waals surface area contributed by atoms with E-state index in [9.17, 15) is 8.42 Å². The zero-order valence-corrected chi connectivity index (χ0v) is 12.4. The maximum atomic E-state index is 12.4. The SMILES string of the molecule is Cc1ccc(C#N)cc1NS(=O)(=O)N1CCCCCC1. The Kier molecular flexibility index (Phi) is 4.63. The summed E-state index contributed by atoms with van der Waals surface area (Å²) in [6.45, 7) is 2.94. The molecule has 108 valence electrons. The summed E-state index contributed by atoms with van der Waals surface area (Å²) in [5.41, 5.74) is 1.74. The maximum absolute atomic E-state index is 12.4. The fourth-order valence-electron chi connectivity index (χ4n) is 2.29. The zero-order valence-electron chi connectivity index (χ0n) is 11.6. The van der Waals surface area contributed by atoms with Crippen LogP contribution >= 0.6 is 0 Å². The highest BCUT2D eigenvalue weighted by Crippen LogP contribution is 2.20. The van der Waals surface area contributed by atoms with Crippen LogP contribution in [0.5, 0.6) is 0 Å². The first kappa shape index (κ1) is 14.8. The second-order valence-electron chi connectivity index (χ2n) is 5.06. The Hall–Kier alpha value is -1.58. The van der Waals surface area contributed by atoms with Gasteiger partial charge >= 0.3 is 10.2 Å². The van der Waals surface area contributed by atoms with Crippen LogP contribution in [0.4, 0.5) is 5.69 Å². The quantitative estimate of drug-likeness (QED) is 0.930. The lowest BCUT2D eigenvalue weighted by Crippen LogP contribution is -2.36. The van der Waals surface area contributed by atoms with Crippen molar-refractivity contribution in [2.75, 3.05) is 17.8 Å². The van der Waals surface area contributed by atoms with Gasteiger partial charge in [0.25, 0.3) is 0 Å². The Morgan fingerprint density at radius 1 is 1.20 bits per heavy atom. The number of anilines is 1. The van der Waals surface area contributed by atoms with Crippen LogP contribution < -0.4 is 4.72 Å². The maximum Gasteiger partial charge on any atom is 0.301 e. The first-order valence-corrected chi connectivity index (χ1v) is 8.25. The lowest BCUT2D eigenvalue weighted by Gasteiger charge is -2.21. The highest BCUT2D eigenvalue weighted by Gasteiger charge is 2.23. The molecule has 0 unspecified atom stereocenters. The van der Waals surface area contributed by atoms with E-state index in [0.717, 1.165) is 31.2 Å². The molecule has 0 saturated carbocycles. The predicted octanol–water partition coefficient (Wildman–Crippen LogP) is 2.40. The molecular formula is C14H19N3O2S. The van der Waals surface area contributed by atoms with Gasteiger partial charge in [-0.3, -0.25) is 4.72 Å². The second-order valence-corrected chi connectivity index (χ2v) is 6.73. The van der Waals surface area contributed by atoms with Gasteiger partial charge in [-0.2, -0.15) is 18.0 Å². The van der Waals surface area contributed by atoms with E-state index in [1.807, 2.05) is 13.0 Å². The summed E-state index contributed by atoms with van der Waals surface area (Å²) < 4.78 is 28.9. The standard InChI is InChI=1S/C14H19N3O2S/c1-12-6-7-13(11-15)10-14(12)16-20(18,19)17-8-4-2-3-5-9-17/h6-7,10,16H,2-5,8-9H2,1H3. The van der Waals surface area contributed by atoms with Gasteiger partial charge in [0.1, 0.15) is 0 Å². The van der Waals surface area contributed by atoms with Crippen LogP contribution in [0.15, 0.2) is 18.2 Å². The van der Waals surface area contributed by atoms with Crippen molar-refractivity contribution in [2.45, 2.75) is 32.6 Å². The summed E-state index contributed by atoms with van der Waals surface area (Å²) in [4.78, 5) is 0. The molecule has 0 atom stereocenters. The van der Waals surface area contributed by atoms with Crippen molar-refractivity contribution in [1.82, 2.24) is 4.31 Å². The molecule has 1 aromatic rings. The lowest BCUT2D eigenvalue weighted by molar-refractivity contribution is 0.427. The van der Waals surface area contributed by atoms with Crippen molar-refractivity contribution in [2.24, 2.45) is 0 Å². The van der Waals surface area contributed by atoms with Gasteiger partial charge in [0.05, 0.1) is 17.3 Å². The van der Waals surface area contributed by atoms with Crippen LogP contribution in [0.1, 0.15) is 36.8 Å². The molecular weight excluding hydrogens is 274 g/mol. The summed E-state index contributed by atoms with van der Waals surface area (Å²) in [6.07, 6.45) is 3.96. The summed E-state index contributed by atoms with van der Waals surface area (Å²) in [7, 11) is -3.53. The Balaban J connectivity index is 2.21. The van der Waals surface area contributed by atoms with Crippen LogP contribution in [0.3, 0.4) is 0 Å². The Bertz CT molecular complexity index is 612. The van der Waals surface area contributed by atoms with Crippen molar-refractivity contribution in [1.29, 1.82) is 5.26 Å². The second kappa shape index (κ2) is 6.25. The molecule has 20 heavy (non-hydrogen) atoms. The monoisotopic (exact) mass is 293 g/mol. The first-order chi connectivity index (χ1) is 9.53. The van der Waals surface area contributed by atoms with Gasteiger partial charge < -0.3 is 0 Å². The molecule has 1 fully saturated rings. The van der Waals surface area contributed by atoms with Crippen molar-refractivity contribution in [3.63, 3.8) is 0 Å². The van der Waals surface area contributed by atoms with Crippen LogP contribution in [-0.4, -0.2) is 25.8 Å². The van der Waals surface area contributed by atoms with E-state index in [4.69, 9.17) is 5.26 Å². The predicted molar refractivity (Wildman–Crippen MR) is 78.5 cm³/mol. The van der Waals surface area contributed by atoms with Gasteiger partial charge in [-0.25, -0.2) is 0 Å². The molecule has 1 saturated heterocycles. The molecule has 6 heteroatoms. The summed E-state index contributed by atoms with van der Waals surface area (Å²) >= 11 is 0. The largest absolute Gasteiger partial charge is 0.301 e. The van der Waals surface area contributed by atoms with Gasteiger partial charge in [0, 0.05) is 13.1 Å². The molecule has 0 aromatic heterocycles. The van der Waals surface area contributed by atoms with Crippen molar-refractivity contribution >= 4 is 15.9 Å². The molecule has 1 aliphatic heterocycles. The number of nitrogens with one attached hydrogen (secondary N) is 1. The number of benzene rings is 1. The van der Waals surface area contributed by atoms with Crippen LogP contribution in [0.2, 0.25) is 0 Å². The minimum atomic E-state index is -3.53. The van der Waals surface area contributed by atoms with Crippen LogP contribution in [0, 0.1) is 18.3 Å². The van der Waals surface area contributed by atoms with Gasteiger partial charge in [-0.1, -0.05) is 18.9 Å². The van der Waals surface area contributed by atoms with Gasteiger partial charge in [-0.05, 0) is 37.5 Å². The highest BCUT2D eigenvalue weighted by molar-refractivity contribution is 7.90. The van der Waals surface area contributed by atoms with Crippen molar-refractivity contribution in [3.05, 3.63) is 29.3 Å². The Labute approximate surface area is 120 Å². The van der Waals surface area contributed by atoms with Crippen molar-refractivity contribution < 1.29 is 8.42 Å². The van der Waals surface area contributed by atoms with E-state index in [-0.39, 0.29) is 0 Å². The van der Waals surface area contributed by atoms with E-state index in [2.05, 4.69) is 4.72 Å². The smallest absolute Gasteiger partial charge is 0.271 e. The Morgan fingerprint density at radius 2 is 1.85 bits per heavy atom. The molecule has 1 heterocycles. The number of nitrogens with zero attached hydrogens (tertiary/aromatic N) is 2. The normalized spacial score (nSPS) is 17.2. The van der Waals surface area contributed by atoms with Crippen LogP contribution in [0.25, 0.3) is 0 Å². The zero-order chi connectivity index (χ0) is 14.6. The average Bonchev–Trinajstić information content (AvgIpc) is 2.70. The molecule has 1 N–H and O–H groups in total. The minimum absolute atomic E-state index is 0.448. The fraction of sp³-hybridized carbons (Fsp3) is 0.500. The molecule has 0 aliphatic carbocycles. The molecule has 1 aliphatic rings. The first-order valence-electron chi connectivity index (χ1n) is 6.81. The molecule has 0 spiro atoms. The Morgan fingerprint density at radius 3 is 2.45 bits per heavy atom. The molecule has 0 bridgehead atoms. The molecule has 0 radical (unpaired) electrons. The molecule has 5 nitrogen and oxygen atoms in total. The van der Waals surface area contributed by atoms with E-state index < -0.39 is 10.2 Å². The molecule has 1 aromatic carbocycles. The molecule has 2 rings (SSSR count). The fourth-order valence-corrected chi connectivity index (χ4v) is 3.65. The number of hydrogen-bond donors (Lipinski definition) is 1. The van der Waals surface area contributed by atoms with Crippen molar-refractivity contribution in [3.8, 4) is 6.07 Å². The lowest BCUT2D eigenvalue weighted by atomic mass is 10.1. The third-order valence-corrected chi connectivity index (χ3v) is 5.03. The third-order valence-electron chi connectivity index (χ3n) is 3.51. The van der Waals surface area contributed by atoms with Crippen LogP contribution in [-0.2, 0) is 10.2 Å². The van der Waals surface area contributed by atoms with Gasteiger partial charge in [0.15, 0.2) is 0 Å². The van der Waals surface area contributed by atoms with E-state index in [1.165, 1.54) is 4.31 Å². The average molecular weight is 293 g/mol. The third kappa shape index (κ3) is 3.50. The summed E-state index contributed by atoms with van der Waals surface area (Å²) in [5.74, 6) is 0. The minimum Gasteiger partial charge on any atom is -0.271 e. The highest BCUT2D eigenvalue weighted by atomic mass is 32.2. The topological polar surface area (TPSA) is 73.2 Å². The number of hydrogen-bond acceptors (Lipinski definition) is 3. The number of aryl methyl sites for hydroxylation is 1. The molecule has 0 amide bonds. The summed E-state index contributed by atoms with van der Waals surface area (Å²) in [6, 6.07) is 7.02. The number of nitriles is 1. The number of rotatable bonds is 3. The van der Waals surface area contributed by atoms with E-state index in [0.29, 0.717) is 24.3 Å². The van der Waals surface area contributed by atoms with Gasteiger partial charge in [0.2, 0.25) is 0 Å².